The molecule has 1 unspecified atom stereocenters. The van der Waals surface area contributed by atoms with Crippen LogP contribution in [-0.4, -0.2) is 76.7 Å². The number of carbonyl (C=O) groups excluding carboxylic acids is 2. The van der Waals surface area contributed by atoms with E-state index in [1.807, 2.05) is 84.9 Å². The molecular weight excluding hydrogens is 632 g/mol. The normalized spacial score (nSPS) is 21.7. The number of hydrogen-bond acceptors (Lipinski definition) is 9. The second-order valence-electron chi connectivity index (χ2n) is 13.1. The average molecular weight is 679 g/mol. The van der Waals surface area contributed by atoms with Crippen molar-refractivity contribution in [3.05, 3.63) is 125 Å². The van der Waals surface area contributed by atoms with Crippen LogP contribution < -0.4 is 15.5 Å². The van der Waals surface area contributed by atoms with Crippen molar-refractivity contribution >= 4 is 17.8 Å². The Kier molecular flexibility index (Phi) is 11.8. The van der Waals surface area contributed by atoms with Crippen LogP contribution in [0.2, 0.25) is 0 Å². The fourth-order valence-corrected chi connectivity index (χ4v) is 6.50. The smallest absolute Gasteiger partial charge is 0.315 e. The van der Waals surface area contributed by atoms with Crippen LogP contribution in [0.15, 0.2) is 97.3 Å². The second-order valence-corrected chi connectivity index (χ2v) is 13.1. The van der Waals surface area contributed by atoms with Crippen LogP contribution in [0.25, 0.3) is 0 Å². The topological polar surface area (TPSA) is 129 Å². The van der Waals surface area contributed by atoms with Gasteiger partial charge in [-0.25, -0.2) is 14.8 Å². The summed E-state index contributed by atoms with van der Waals surface area (Å²) in [5.74, 6) is 0.737. The average Bonchev–Trinajstić information content (AvgIpc) is 3.16. The monoisotopic (exact) mass is 678 g/mol. The molecule has 2 fully saturated rings. The van der Waals surface area contributed by atoms with Gasteiger partial charge in [-0.05, 0) is 41.7 Å². The molecule has 4 aromatic rings. The van der Waals surface area contributed by atoms with Crippen LogP contribution in [0.4, 0.5) is 10.7 Å². The summed E-state index contributed by atoms with van der Waals surface area (Å²) in [6, 6.07) is 26.3. The highest BCUT2D eigenvalue weighted by molar-refractivity contribution is 5.87. The first-order valence-corrected chi connectivity index (χ1v) is 17.3. The van der Waals surface area contributed by atoms with Crippen molar-refractivity contribution in [2.24, 2.45) is 5.92 Å². The van der Waals surface area contributed by atoms with Gasteiger partial charge < -0.3 is 30.1 Å². The number of nitrogens with zero attached hydrogens (tertiary/aromatic N) is 4. The quantitative estimate of drug-likeness (QED) is 0.197. The van der Waals surface area contributed by atoms with Gasteiger partial charge in [-0.3, -0.25) is 9.69 Å². The van der Waals surface area contributed by atoms with Crippen LogP contribution >= 0.6 is 0 Å². The molecule has 6 rings (SSSR count). The van der Waals surface area contributed by atoms with E-state index in [0.717, 1.165) is 66.5 Å². The molecule has 2 aliphatic rings. The molecule has 3 heterocycles. The van der Waals surface area contributed by atoms with E-state index < -0.39 is 18.4 Å². The first-order valence-electron chi connectivity index (χ1n) is 17.3. The molecule has 11 heteroatoms. The number of Topliss-reactive ketones (excluding diaryl/α,β-unsaturated/α-hetero) is 1. The van der Waals surface area contributed by atoms with Gasteiger partial charge in [0.1, 0.15) is 0 Å². The van der Waals surface area contributed by atoms with Crippen LogP contribution in [0, 0.1) is 5.92 Å². The number of rotatable bonds is 12. The van der Waals surface area contributed by atoms with Crippen LogP contribution in [0.1, 0.15) is 54.1 Å². The van der Waals surface area contributed by atoms with Crippen molar-refractivity contribution in [1.82, 2.24) is 25.5 Å². The number of hydrogen-bond donors (Lipinski definition) is 3. The zero-order valence-corrected chi connectivity index (χ0v) is 28.7. The fraction of sp³-hybridized carbons (Fsp3) is 0.385. The number of ketones is 1. The Labute approximate surface area is 293 Å². The number of ether oxygens (including phenoxy) is 2. The Morgan fingerprint density at radius 1 is 0.840 bits per heavy atom. The van der Waals surface area contributed by atoms with Gasteiger partial charge in [0.2, 0.25) is 5.95 Å². The number of carbonyl (C=O) groups is 2. The summed E-state index contributed by atoms with van der Waals surface area (Å²) in [4.78, 5) is 38.4. The number of urea groups is 1. The number of benzene rings is 3. The summed E-state index contributed by atoms with van der Waals surface area (Å²) in [6.45, 7) is 8.15. The van der Waals surface area contributed by atoms with Gasteiger partial charge in [0.25, 0.3) is 0 Å². The predicted molar refractivity (Wildman–Crippen MR) is 190 cm³/mol. The van der Waals surface area contributed by atoms with E-state index in [-0.39, 0.29) is 30.5 Å². The lowest BCUT2D eigenvalue weighted by atomic mass is 9.90. The number of piperazine rings is 1. The SMILES string of the molecule is CC(=O)[C@@H](Cc1ccccc1)NC(=O)NCc1ccc(C2O[C@H](CN3CCN(c4ncccn4)CC3)[C@H](C)[C@H](c3ccc(CO)cc3)O2)cc1. The third-order valence-corrected chi connectivity index (χ3v) is 9.55. The summed E-state index contributed by atoms with van der Waals surface area (Å²) >= 11 is 0. The molecule has 5 atom stereocenters. The molecule has 3 N–H and O–H groups in total. The Morgan fingerprint density at radius 3 is 2.16 bits per heavy atom. The molecule has 0 spiro atoms. The highest BCUT2D eigenvalue weighted by atomic mass is 16.7. The zero-order chi connectivity index (χ0) is 34.9. The van der Waals surface area contributed by atoms with Gasteiger partial charge >= 0.3 is 6.03 Å². The van der Waals surface area contributed by atoms with Crippen molar-refractivity contribution < 1.29 is 24.2 Å². The molecule has 0 aliphatic carbocycles. The summed E-state index contributed by atoms with van der Waals surface area (Å²) in [5, 5.41) is 15.3. The van der Waals surface area contributed by atoms with Crippen molar-refractivity contribution in [3.8, 4) is 0 Å². The molecular formula is C39H46N6O5. The summed E-state index contributed by atoms with van der Waals surface area (Å²) in [7, 11) is 0. The minimum Gasteiger partial charge on any atom is -0.392 e. The molecule has 3 aromatic carbocycles. The number of nitrogens with one attached hydrogen (secondary N) is 2. The molecule has 0 bridgehead atoms. The lowest BCUT2D eigenvalue weighted by Crippen LogP contribution is -2.51. The Bertz CT molecular complexity index is 1670. The minimum atomic E-state index is -0.606. The number of aliphatic hydroxyl groups excluding tert-OH is 1. The number of aliphatic hydroxyl groups is 1. The maximum absolute atomic E-state index is 12.7. The largest absolute Gasteiger partial charge is 0.392 e. The first-order chi connectivity index (χ1) is 24.4. The van der Waals surface area contributed by atoms with Crippen molar-refractivity contribution in [2.45, 2.75) is 58.0 Å². The lowest BCUT2D eigenvalue weighted by Gasteiger charge is -2.44. The third kappa shape index (κ3) is 9.10. The van der Waals surface area contributed by atoms with E-state index in [9.17, 15) is 14.7 Å². The lowest BCUT2D eigenvalue weighted by molar-refractivity contribution is -0.276. The van der Waals surface area contributed by atoms with Crippen molar-refractivity contribution in [3.63, 3.8) is 0 Å². The standard InChI is InChI=1S/C39H46N6O5/c1-27-35(25-44-19-21-45(22-20-44)38-40-17-6-18-41-38)49-37(50-36(27)32-13-11-31(26-46)12-14-32)33-15-9-30(10-16-33)24-42-39(48)43-34(28(2)47)23-29-7-4-3-5-8-29/h3-18,27,34-37,46H,19-26H2,1-2H3,(H2,42,43,48)/t27-,34+,35+,36+,37?/m0/s1. The Hall–Kier alpha value is -4.68. The van der Waals surface area contributed by atoms with Gasteiger partial charge in [-0.2, -0.15) is 0 Å². The maximum Gasteiger partial charge on any atom is 0.315 e. The van der Waals surface area contributed by atoms with E-state index in [1.165, 1.54) is 6.92 Å². The summed E-state index contributed by atoms with van der Waals surface area (Å²) in [6.07, 6.45) is 3.10. The molecule has 2 aliphatic heterocycles. The summed E-state index contributed by atoms with van der Waals surface area (Å²) in [5.41, 5.74) is 4.67. The maximum atomic E-state index is 12.7. The number of amides is 2. The van der Waals surface area contributed by atoms with Crippen LogP contribution in [-0.2, 0) is 33.8 Å². The van der Waals surface area contributed by atoms with Crippen LogP contribution in [0.5, 0.6) is 0 Å². The van der Waals surface area contributed by atoms with Crippen LogP contribution in [0.3, 0.4) is 0 Å². The van der Waals surface area contributed by atoms with Crippen molar-refractivity contribution in [1.29, 1.82) is 0 Å². The van der Waals surface area contributed by atoms with E-state index in [0.29, 0.717) is 13.0 Å². The van der Waals surface area contributed by atoms with Crippen molar-refractivity contribution in [2.75, 3.05) is 37.6 Å². The predicted octanol–water partition coefficient (Wildman–Crippen LogP) is 4.58. The van der Waals surface area contributed by atoms with E-state index in [4.69, 9.17) is 9.47 Å². The number of aromatic nitrogens is 2. The van der Waals surface area contributed by atoms with E-state index >= 15 is 0 Å². The molecule has 0 saturated carbocycles. The molecule has 1 aromatic heterocycles. The van der Waals surface area contributed by atoms with Gasteiger partial charge in [-0.15, -0.1) is 0 Å². The molecule has 50 heavy (non-hydrogen) atoms. The Balaban J connectivity index is 1.09. The van der Waals surface area contributed by atoms with Gasteiger partial charge in [-0.1, -0.05) is 85.8 Å². The number of anilines is 1. The van der Waals surface area contributed by atoms with E-state index in [1.54, 1.807) is 12.4 Å². The fourth-order valence-electron chi connectivity index (χ4n) is 6.50. The molecule has 262 valence electrons. The molecule has 11 nitrogen and oxygen atoms in total. The Morgan fingerprint density at radius 2 is 1.50 bits per heavy atom. The minimum absolute atomic E-state index is 0.0103. The highest BCUT2D eigenvalue weighted by Gasteiger charge is 2.39. The molecule has 2 saturated heterocycles. The zero-order valence-electron chi connectivity index (χ0n) is 28.7. The highest BCUT2D eigenvalue weighted by Crippen LogP contribution is 2.42. The molecule has 2 amide bonds. The van der Waals surface area contributed by atoms with Gasteiger partial charge in [0.05, 0.1) is 24.9 Å². The molecule has 0 radical (unpaired) electrons. The summed E-state index contributed by atoms with van der Waals surface area (Å²) < 4.78 is 13.3. The second kappa shape index (κ2) is 16.8. The van der Waals surface area contributed by atoms with Gasteiger partial charge in [0, 0.05) is 63.1 Å². The van der Waals surface area contributed by atoms with E-state index in [2.05, 4.69) is 37.3 Å². The first kappa shape index (κ1) is 35.2. The third-order valence-electron chi connectivity index (χ3n) is 9.55. The van der Waals surface area contributed by atoms with Gasteiger partial charge in [0.15, 0.2) is 12.1 Å².